The molecular formula is C17H12N2O3. The van der Waals surface area contributed by atoms with Gasteiger partial charge in [0, 0.05) is 5.69 Å². The molecule has 0 saturated heterocycles. The number of nitrogens with zero attached hydrogens (tertiary/aromatic N) is 1. The van der Waals surface area contributed by atoms with E-state index in [0.717, 1.165) is 0 Å². The summed E-state index contributed by atoms with van der Waals surface area (Å²) in [6, 6.07) is 16.5. The number of aromatic carboxylic acids is 1. The molecule has 1 amide bonds. The van der Waals surface area contributed by atoms with E-state index in [2.05, 4.69) is 5.32 Å². The second kappa shape index (κ2) is 6.86. The number of nitrogens with one attached hydrogen (secondary N) is 1. The molecule has 2 N–H and O–H groups in total. The van der Waals surface area contributed by atoms with E-state index < -0.39 is 11.9 Å². The Morgan fingerprint density at radius 1 is 1.05 bits per heavy atom. The van der Waals surface area contributed by atoms with Crippen molar-refractivity contribution in [3.63, 3.8) is 0 Å². The molecule has 0 spiro atoms. The molecule has 0 radical (unpaired) electrons. The molecule has 5 heteroatoms. The van der Waals surface area contributed by atoms with Crippen molar-refractivity contribution in [2.75, 3.05) is 5.32 Å². The summed E-state index contributed by atoms with van der Waals surface area (Å²) >= 11 is 0. The summed E-state index contributed by atoms with van der Waals surface area (Å²) in [4.78, 5) is 22.8. The molecule has 22 heavy (non-hydrogen) atoms. The second-order valence-corrected chi connectivity index (χ2v) is 4.42. The number of hydrogen-bond acceptors (Lipinski definition) is 3. The highest BCUT2D eigenvalue weighted by Gasteiger charge is 2.09. The molecule has 0 fully saturated rings. The van der Waals surface area contributed by atoms with Crippen molar-refractivity contribution in [3.05, 3.63) is 71.3 Å². The number of carbonyl (C=O) groups excluding carboxylic acids is 1. The van der Waals surface area contributed by atoms with Gasteiger partial charge in [-0.2, -0.15) is 5.26 Å². The topological polar surface area (TPSA) is 90.2 Å². The number of carbonyl (C=O) groups is 2. The Balaban J connectivity index is 2.18. The number of anilines is 1. The van der Waals surface area contributed by atoms with Crippen LogP contribution in [0.15, 0.2) is 60.2 Å². The first-order valence-corrected chi connectivity index (χ1v) is 6.41. The fraction of sp³-hybridized carbons (Fsp3) is 0. The van der Waals surface area contributed by atoms with Crippen LogP contribution in [0.4, 0.5) is 5.69 Å². The van der Waals surface area contributed by atoms with Gasteiger partial charge in [0.05, 0.1) is 5.56 Å². The minimum absolute atomic E-state index is 0.0630. The summed E-state index contributed by atoms with van der Waals surface area (Å²) in [5, 5.41) is 20.5. The lowest BCUT2D eigenvalue weighted by atomic mass is 10.1. The lowest BCUT2D eigenvalue weighted by molar-refractivity contribution is -0.112. The van der Waals surface area contributed by atoms with Crippen LogP contribution in [0.25, 0.3) is 6.08 Å². The molecule has 0 saturated carbocycles. The first kappa shape index (κ1) is 15.0. The van der Waals surface area contributed by atoms with Crippen LogP contribution in [0.2, 0.25) is 0 Å². The number of rotatable bonds is 4. The maximum atomic E-state index is 12.0. The zero-order valence-corrected chi connectivity index (χ0v) is 11.5. The van der Waals surface area contributed by atoms with Crippen LogP contribution in [0, 0.1) is 11.3 Å². The summed E-state index contributed by atoms with van der Waals surface area (Å²) in [6.45, 7) is 0. The maximum absolute atomic E-state index is 12.0. The third-order valence-corrected chi connectivity index (χ3v) is 2.87. The number of benzene rings is 2. The first-order valence-electron chi connectivity index (χ1n) is 6.41. The van der Waals surface area contributed by atoms with Gasteiger partial charge < -0.3 is 10.4 Å². The van der Waals surface area contributed by atoms with Gasteiger partial charge in [0.25, 0.3) is 5.91 Å². The number of carboxylic acid groups (broad SMARTS) is 1. The van der Waals surface area contributed by atoms with Gasteiger partial charge in [-0.3, -0.25) is 4.79 Å². The second-order valence-electron chi connectivity index (χ2n) is 4.42. The monoisotopic (exact) mass is 292 g/mol. The average Bonchev–Trinajstić information content (AvgIpc) is 2.53. The molecule has 0 bridgehead atoms. The van der Waals surface area contributed by atoms with Crippen LogP contribution in [-0.2, 0) is 4.79 Å². The zero-order chi connectivity index (χ0) is 15.9. The van der Waals surface area contributed by atoms with Crippen LogP contribution in [0.1, 0.15) is 15.9 Å². The average molecular weight is 292 g/mol. The van der Waals surface area contributed by atoms with Crippen LogP contribution in [0.5, 0.6) is 0 Å². The number of hydrogen-bond donors (Lipinski definition) is 2. The molecule has 0 aliphatic carbocycles. The van der Waals surface area contributed by atoms with E-state index in [4.69, 9.17) is 10.4 Å². The molecule has 0 heterocycles. The Morgan fingerprint density at radius 3 is 2.23 bits per heavy atom. The third kappa shape index (κ3) is 3.81. The van der Waals surface area contributed by atoms with E-state index in [0.29, 0.717) is 11.3 Å². The molecule has 0 aromatic heterocycles. The molecule has 2 rings (SSSR count). The van der Waals surface area contributed by atoms with E-state index in [1.165, 1.54) is 30.3 Å². The number of amides is 1. The first-order chi connectivity index (χ1) is 10.6. The molecule has 0 aliphatic heterocycles. The molecule has 5 nitrogen and oxygen atoms in total. The van der Waals surface area contributed by atoms with Gasteiger partial charge in [0.2, 0.25) is 0 Å². The van der Waals surface area contributed by atoms with Crippen molar-refractivity contribution in [2.45, 2.75) is 0 Å². The Hall–Kier alpha value is -3.39. The van der Waals surface area contributed by atoms with Gasteiger partial charge in [-0.15, -0.1) is 0 Å². The Morgan fingerprint density at radius 2 is 1.68 bits per heavy atom. The van der Waals surface area contributed by atoms with Gasteiger partial charge in [0.15, 0.2) is 0 Å². The quantitative estimate of drug-likeness (QED) is 0.669. The smallest absolute Gasteiger partial charge is 0.335 e. The molecule has 2 aromatic carbocycles. The Bertz CT molecular complexity index is 757. The van der Waals surface area contributed by atoms with Crippen LogP contribution in [-0.4, -0.2) is 17.0 Å². The van der Waals surface area contributed by atoms with Gasteiger partial charge in [-0.1, -0.05) is 30.3 Å². The Labute approximate surface area is 127 Å². The largest absolute Gasteiger partial charge is 0.478 e. The highest BCUT2D eigenvalue weighted by Crippen LogP contribution is 2.12. The van der Waals surface area contributed by atoms with E-state index in [-0.39, 0.29) is 11.1 Å². The summed E-state index contributed by atoms with van der Waals surface area (Å²) in [6.07, 6.45) is 1.41. The van der Waals surface area contributed by atoms with Gasteiger partial charge in [-0.25, -0.2) is 4.79 Å². The zero-order valence-electron chi connectivity index (χ0n) is 11.5. The van der Waals surface area contributed by atoms with Gasteiger partial charge in [-0.05, 0) is 35.9 Å². The standard InChI is InChI=1S/C17H12N2O3/c18-11-14(16(20)19-15-4-2-1-3-5-15)10-12-6-8-13(9-7-12)17(21)22/h1-10H,(H,19,20)(H,21,22)/b14-10+. The fourth-order valence-electron chi connectivity index (χ4n) is 1.76. The summed E-state index contributed by atoms with van der Waals surface area (Å²) in [7, 11) is 0. The molecule has 0 atom stereocenters. The van der Waals surface area contributed by atoms with E-state index in [9.17, 15) is 9.59 Å². The predicted molar refractivity (Wildman–Crippen MR) is 82.1 cm³/mol. The minimum atomic E-state index is -1.03. The van der Waals surface area contributed by atoms with Gasteiger partial charge in [0.1, 0.15) is 11.6 Å². The Kier molecular flexibility index (Phi) is 4.68. The molecule has 0 unspecified atom stereocenters. The predicted octanol–water partition coefficient (Wildman–Crippen LogP) is 2.93. The number of nitriles is 1. The van der Waals surface area contributed by atoms with Crippen molar-refractivity contribution >= 4 is 23.6 Å². The summed E-state index contributed by atoms with van der Waals surface area (Å²) < 4.78 is 0. The summed E-state index contributed by atoms with van der Waals surface area (Å²) in [5.41, 5.74) is 1.25. The maximum Gasteiger partial charge on any atom is 0.335 e. The van der Waals surface area contributed by atoms with Crippen molar-refractivity contribution in [1.29, 1.82) is 5.26 Å². The number of carboxylic acids is 1. The normalized spacial score (nSPS) is 10.6. The van der Waals surface area contributed by atoms with Crippen molar-refractivity contribution in [3.8, 4) is 6.07 Å². The van der Waals surface area contributed by atoms with E-state index in [1.54, 1.807) is 24.3 Å². The van der Waals surface area contributed by atoms with Crippen LogP contribution >= 0.6 is 0 Å². The third-order valence-electron chi connectivity index (χ3n) is 2.87. The van der Waals surface area contributed by atoms with Crippen molar-refractivity contribution in [1.82, 2.24) is 0 Å². The fourth-order valence-corrected chi connectivity index (χ4v) is 1.76. The van der Waals surface area contributed by atoms with Crippen molar-refractivity contribution < 1.29 is 14.7 Å². The lowest BCUT2D eigenvalue weighted by Crippen LogP contribution is -2.13. The van der Waals surface area contributed by atoms with Crippen LogP contribution < -0.4 is 5.32 Å². The van der Waals surface area contributed by atoms with Crippen LogP contribution in [0.3, 0.4) is 0 Å². The van der Waals surface area contributed by atoms with Gasteiger partial charge >= 0.3 is 5.97 Å². The van der Waals surface area contributed by atoms with E-state index in [1.807, 2.05) is 12.1 Å². The minimum Gasteiger partial charge on any atom is -0.478 e. The highest BCUT2D eigenvalue weighted by atomic mass is 16.4. The molecule has 0 aliphatic rings. The number of para-hydroxylation sites is 1. The molecule has 108 valence electrons. The molecule has 2 aromatic rings. The van der Waals surface area contributed by atoms with E-state index >= 15 is 0 Å². The van der Waals surface area contributed by atoms with Crippen molar-refractivity contribution in [2.24, 2.45) is 0 Å². The lowest BCUT2D eigenvalue weighted by Gasteiger charge is -2.03. The summed E-state index contributed by atoms with van der Waals surface area (Å²) in [5.74, 6) is -1.55. The highest BCUT2D eigenvalue weighted by molar-refractivity contribution is 6.09. The molecular weight excluding hydrogens is 280 g/mol. The SMILES string of the molecule is N#C/C(=C\c1ccc(C(=O)O)cc1)C(=O)Nc1ccccc1.